The van der Waals surface area contributed by atoms with Gasteiger partial charge in [0.25, 0.3) is 5.91 Å². The van der Waals surface area contributed by atoms with Crippen LogP contribution in [-0.2, 0) is 0 Å². The van der Waals surface area contributed by atoms with Crippen molar-refractivity contribution >= 4 is 5.91 Å². The average Bonchev–Trinajstić information content (AvgIpc) is 3.25. The summed E-state index contributed by atoms with van der Waals surface area (Å²) in [6, 6.07) is 8.00. The van der Waals surface area contributed by atoms with Crippen molar-refractivity contribution in [2.24, 2.45) is 0 Å². The summed E-state index contributed by atoms with van der Waals surface area (Å²) >= 11 is 0. The Bertz CT molecular complexity index is 1020. The number of halogens is 2. The quantitative estimate of drug-likeness (QED) is 0.729. The van der Waals surface area contributed by atoms with Crippen LogP contribution in [0.1, 0.15) is 23.2 Å². The molecule has 2 aromatic carbocycles. The molecule has 3 aromatic rings. The van der Waals surface area contributed by atoms with E-state index in [4.69, 9.17) is 4.74 Å². The molecule has 1 saturated heterocycles. The number of nitrogens with zero attached hydrogens (tertiary/aromatic N) is 3. The van der Waals surface area contributed by atoms with E-state index in [2.05, 4.69) is 4.98 Å². The van der Waals surface area contributed by atoms with Crippen molar-refractivity contribution in [3.8, 4) is 17.2 Å². The maximum atomic E-state index is 13.8. The predicted molar refractivity (Wildman–Crippen MR) is 101 cm³/mol. The topological polar surface area (TPSA) is 67.6 Å². The van der Waals surface area contributed by atoms with Crippen molar-refractivity contribution in [1.29, 1.82) is 0 Å². The van der Waals surface area contributed by atoms with Crippen LogP contribution < -0.4 is 4.74 Å². The van der Waals surface area contributed by atoms with Gasteiger partial charge in [-0.3, -0.25) is 4.79 Å². The lowest BCUT2D eigenvalue weighted by Crippen LogP contribution is -2.41. The van der Waals surface area contributed by atoms with Crippen LogP contribution in [-0.4, -0.2) is 44.7 Å². The summed E-state index contributed by atoms with van der Waals surface area (Å²) in [5.41, 5.74) is 0.925. The standard InChI is InChI=1S/C21H19F2N3O3/c22-14-1-4-20(18(23)11-14)29-16-5-8-25(9-6-16)21(28)17-12-15(2-3-19(17)27)26-10-7-24-13-26/h1-4,7,10-13,16,27H,5-6,8-9H2. The van der Waals surface area contributed by atoms with Crippen LogP contribution in [0.5, 0.6) is 11.5 Å². The van der Waals surface area contributed by atoms with Gasteiger partial charge >= 0.3 is 0 Å². The van der Waals surface area contributed by atoms with E-state index < -0.39 is 11.6 Å². The van der Waals surface area contributed by atoms with E-state index >= 15 is 0 Å². The van der Waals surface area contributed by atoms with E-state index in [0.29, 0.717) is 31.6 Å². The fourth-order valence-corrected chi connectivity index (χ4v) is 3.37. The molecule has 0 unspecified atom stereocenters. The normalized spacial score (nSPS) is 14.8. The molecule has 0 aliphatic carbocycles. The SMILES string of the molecule is O=C(c1cc(-n2ccnc2)ccc1O)N1CCC(Oc2ccc(F)cc2F)CC1. The molecule has 29 heavy (non-hydrogen) atoms. The van der Waals surface area contributed by atoms with Crippen LogP contribution in [0.2, 0.25) is 0 Å². The fourth-order valence-electron chi connectivity index (χ4n) is 3.37. The summed E-state index contributed by atoms with van der Waals surface area (Å²) < 4.78 is 34.2. The molecule has 2 heterocycles. The molecule has 6 nitrogen and oxygen atoms in total. The lowest BCUT2D eigenvalue weighted by Gasteiger charge is -2.32. The van der Waals surface area contributed by atoms with Gasteiger partial charge in [-0.15, -0.1) is 0 Å². The molecule has 1 amide bonds. The molecule has 1 aliphatic rings. The molecule has 0 bridgehead atoms. The fraction of sp³-hybridized carbons (Fsp3) is 0.238. The zero-order chi connectivity index (χ0) is 20.4. The third-order valence-electron chi connectivity index (χ3n) is 4.93. The molecule has 1 fully saturated rings. The smallest absolute Gasteiger partial charge is 0.257 e. The first-order valence-electron chi connectivity index (χ1n) is 9.23. The second-order valence-electron chi connectivity index (χ2n) is 6.86. The molecule has 8 heteroatoms. The Morgan fingerprint density at radius 3 is 2.62 bits per heavy atom. The number of imidazole rings is 1. The largest absolute Gasteiger partial charge is 0.507 e. The highest BCUT2D eigenvalue weighted by molar-refractivity contribution is 5.97. The lowest BCUT2D eigenvalue weighted by molar-refractivity contribution is 0.0585. The number of amides is 1. The van der Waals surface area contributed by atoms with Crippen molar-refractivity contribution in [3.63, 3.8) is 0 Å². The van der Waals surface area contributed by atoms with E-state index in [1.807, 2.05) is 0 Å². The summed E-state index contributed by atoms with van der Waals surface area (Å²) in [5, 5.41) is 10.2. The minimum atomic E-state index is -0.746. The molecule has 1 N–H and O–H groups in total. The molecule has 1 aromatic heterocycles. The number of piperidine rings is 1. The van der Waals surface area contributed by atoms with Crippen molar-refractivity contribution in [1.82, 2.24) is 14.5 Å². The van der Waals surface area contributed by atoms with Crippen molar-refractivity contribution in [2.45, 2.75) is 18.9 Å². The molecular formula is C21H19F2N3O3. The second kappa shape index (κ2) is 7.90. The first-order valence-corrected chi connectivity index (χ1v) is 9.23. The number of hydrogen-bond acceptors (Lipinski definition) is 4. The van der Waals surface area contributed by atoms with E-state index in [-0.39, 0.29) is 29.1 Å². The van der Waals surface area contributed by atoms with Gasteiger partial charge in [-0.25, -0.2) is 13.8 Å². The lowest BCUT2D eigenvalue weighted by atomic mass is 10.1. The van der Waals surface area contributed by atoms with Gasteiger partial charge in [-0.05, 0) is 30.3 Å². The van der Waals surface area contributed by atoms with Gasteiger partial charge in [0.1, 0.15) is 17.7 Å². The van der Waals surface area contributed by atoms with Gasteiger partial charge in [0.15, 0.2) is 11.6 Å². The Morgan fingerprint density at radius 1 is 1.14 bits per heavy atom. The van der Waals surface area contributed by atoms with Gasteiger partial charge in [0.2, 0.25) is 0 Å². The van der Waals surface area contributed by atoms with Crippen molar-refractivity contribution < 1.29 is 23.4 Å². The number of aromatic nitrogens is 2. The van der Waals surface area contributed by atoms with Gasteiger partial charge in [0, 0.05) is 50.1 Å². The molecule has 4 rings (SSSR count). The number of hydrogen-bond donors (Lipinski definition) is 1. The number of ether oxygens (including phenoxy) is 1. The number of carbonyl (C=O) groups excluding carboxylic acids is 1. The number of aromatic hydroxyl groups is 1. The zero-order valence-corrected chi connectivity index (χ0v) is 15.5. The maximum absolute atomic E-state index is 13.8. The average molecular weight is 399 g/mol. The molecule has 0 radical (unpaired) electrons. The number of phenols is 1. The van der Waals surface area contributed by atoms with Crippen LogP contribution in [0, 0.1) is 11.6 Å². The van der Waals surface area contributed by atoms with Gasteiger partial charge in [0.05, 0.1) is 11.9 Å². The summed E-state index contributed by atoms with van der Waals surface area (Å²) in [4.78, 5) is 18.5. The Hall–Kier alpha value is -3.42. The number of benzene rings is 2. The van der Waals surface area contributed by atoms with Crippen LogP contribution in [0.15, 0.2) is 55.1 Å². The molecular weight excluding hydrogens is 380 g/mol. The first kappa shape index (κ1) is 18.9. The van der Waals surface area contributed by atoms with Crippen LogP contribution in [0.4, 0.5) is 8.78 Å². The number of carbonyl (C=O) groups is 1. The Kier molecular flexibility index (Phi) is 5.16. The van der Waals surface area contributed by atoms with Gasteiger partial charge in [-0.1, -0.05) is 0 Å². The number of rotatable bonds is 4. The highest BCUT2D eigenvalue weighted by atomic mass is 19.1. The van der Waals surface area contributed by atoms with Crippen molar-refractivity contribution in [3.05, 3.63) is 72.3 Å². The Morgan fingerprint density at radius 2 is 1.93 bits per heavy atom. The Labute approximate surface area is 166 Å². The summed E-state index contributed by atoms with van der Waals surface area (Å²) in [7, 11) is 0. The van der Waals surface area contributed by atoms with E-state index in [9.17, 15) is 18.7 Å². The summed E-state index contributed by atoms with van der Waals surface area (Å²) in [6.45, 7) is 0.808. The van der Waals surface area contributed by atoms with Crippen molar-refractivity contribution in [2.75, 3.05) is 13.1 Å². The minimum absolute atomic E-state index is 0.00172. The highest BCUT2D eigenvalue weighted by Crippen LogP contribution is 2.26. The predicted octanol–water partition coefficient (Wildman–Crippen LogP) is 3.54. The summed E-state index contributed by atoms with van der Waals surface area (Å²) in [5.74, 6) is -1.78. The highest BCUT2D eigenvalue weighted by Gasteiger charge is 2.27. The molecule has 150 valence electrons. The monoisotopic (exact) mass is 399 g/mol. The maximum Gasteiger partial charge on any atom is 0.257 e. The van der Waals surface area contributed by atoms with E-state index in [0.717, 1.165) is 12.1 Å². The minimum Gasteiger partial charge on any atom is -0.507 e. The molecule has 0 saturated carbocycles. The van der Waals surface area contributed by atoms with E-state index in [1.165, 1.54) is 12.1 Å². The third kappa shape index (κ3) is 4.06. The van der Waals surface area contributed by atoms with Crippen LogP contribution in [0.3, 0.4) is 0 Å². The van der Waals surface area contributed by atoms with Gasteiger partial charge in [-0.2, -0.15) is 0 Å². The second-order valence-corrected chi connectivity index (χ2v) is 6.86. The van der Waals surface area contributed by atoms with E-state index in [1.54, 1.807) is 40.3 Å². The zero-order valence-electron chi connectivity index (χ0n) is 15.5. The molecule has 1 aliphatic heterocycles. The number of likely N-dealkylation sites (tertiary alicyclic amines) is 1. The third-order valence-corrected chi connectivity index (χ3v) is 4.93. The number of phenolic OH excluding ortho intramolecular Hbond substituents is 1. The van der Waals surface area contributed by atoms with Gasteiger partial charge < -0.3 is 19.3 Å². The van der Waals surface area contributed by atoms with Crippen LogP contribution in [0.25, 0.3) is 5.69 Å². The molecule has 0 spiro atoms. The Balaban J connectivity index is 1.42. The summed E-state index contributed by atoms with van der Waals surface area (Å²) in [6.07, 6.45) is 5.72. The van der Waals surface area contributed by atoms with Crippen LogP contribution >= 0.6 is 0 Å². The molecule has 0 atom stereocenters. The first-order chi connectivity index (χ1) is 14.0.